The predicted octanol–water partition coefficient (Wildman–Crippen LogP) is 1.20. The molecule has 1 N–H and O–H groups in total. The van der Waals surface area contributed by atoms with E-state index in [1.807, 2.05) is 18.2 Å². The van der Waals surface area contributed by atoms with Crippen LogP contribution in [-0.2, 0) is 0 Å². The Morgan fingerprint density at radius 2 is 2.06 bits per heavy atom. The van der Waals surface area contributed by atoms with E-state index < -0.39 is 0 Å². The summed E-state index contributed by atoms with van der Waals surface area (Å²) in [4.78, 5) is 4.54. The third-order valence-corrected chi connectivity index (χ3v) is 3.76. The lowest BCUT2D eigenvalue weighted by Gasteiger charge is -2.44. The standard InChI is InChI=1S/C14H22N2O2/c1-11-8-16(12(10-17)9-15(11)2)13-6-4-5-7-14(13)18-3/h4-7,11-12,17H,8-10H2,1-3H3. The Morgan fingerprint density at radius 3 is 2.72 bits per heavy atom. The average molecular weight is 250 g/mol. The summed E-state index contributed by atoms with van der Waals surface area (Å²) in [5.41, 5.74) is 1.07. The van der Waals surface area contributed by atoms with Gasteiger partial charge in [-0.25, -0.2) is 0 Å². The molecule has 2 unspecified atom stereocenters. The second-order valence-electron chi connectivity index (χ2n) is 4.95. The fourth-order valence-electron chi connectivity index (χ4n) is 2.50. The average Bonchev–Trinajstić information content (AvgIpc) is 2.41. The Balaban J connectivity index is 2.29. The molecule has 2 atom stereocenters. The van der Waals surface area contributed by atoms with Crippen molar-refractivity contribution in [3.63, 3.8) is 0 Å². The first-order valence-corrected chi connectivity index (χ1v) is 6.38. The first-order valence-electron chi connectivity index (χ1n) is 6.38. The molecule has 1 aromatic carbocycles. The van der Waals surface area contributed by atoms with Crippen molar-refractivity contribution in [2.24, 2.45) is 0 Å². The van der Waals surface area contributed by atoms with E-state index in [1.54, 1.807) is 7.11 Å². The molecule has 0 aliphatic carbocycles. The van der Waals surface area contributed by atoms with E-state index in [0.29, 0.717) is 6.04 Å². The SMILES string of the molecule is COc1ccccc1N1CC(C)N(C)CC1CO. The van der Waals surface area contributed by atoms with Crippen LogP contribution in [0.25, 0.3) is 0 Å². The molecular formula is C14H22N2O2. The first-order chi connectivity index (χ1) is 8.67. The van der Waals surface area contributed by atoms with E-state index in [0.717, 1.165) is 24.5 Å². The van der Waals surface area contributed by atoms with Crippen molar-refractivity contribution in [1.82, 2.24) is 4.90 Å². The molecule has 4 heteroatoms. The summed E-state index contributed by atoms with van der Waals surface area (Å²) in [6.07, 6.45) is 0. The van der Waals surface area contributed by atoms with Gasteiger partial charge >= 0.3 is 0 Å². The summed E-state index contributed by atoms with van der Waals surface area (Å²) < 4.78 is 5.42. The van der Waals surface area contributed by atoms with E-state index in [9.17, 15) is 5.11 Å². The molecule has 1 fully saturated rings. The van der Waals surface area contributed by atoms with E-state index in [-0.39, 0.29) is 12.6 Å². The minimum atomic E-state index is 0.127. The van der Waals surface area contributed by atoms with Crippen LogP contribution < -0.4 is 9.64 Å². The summed E-state index contributed by atoms with van der Waals surface area (Å²) in [5, 5.41) is 9.58. The zero-order valence-corrected chi connectivity index (χ0v) is 11.3. The lowest BCUT2D eigenvalue weighted by atomic mass is 10.1. The van der Waals surface area contributed by atoms with Crippen molar-refractivity contribution in [3.05, 3.63) is 24.3 Å². The number of rotatable bonds is 3. The van der Waals surface area contributed by atoms with Crippen LogP contribution in [0.5, 0.6) is 5.75 Å². The summed E-state index contributed by atoms with van der Waals surface area (Å²) in [7, 11) is 3.79. The molecule has 0 bridgehead atoms. The van der Waals surface area contributed by atoms with E-state index in [1.165, 1.54) is 0 Å². The quantitative estimate of drug-likeness (QED) is 0.874. The molecule has 1 aromatic rings. The number of benzene rings is 1. The second-order valence-corrected chi connectivity index (χ2v) is 4.95. The Labute approximate surface area is 109 Å². The maximum absolute atomic E-state index is 9.58. The van der Waals surface area contributed by atoms with Gasteiger partial charge < -0.3 is 14.7 Å². The molecule has 0 spiro atoms. The molecule has 1 saturated heterocycles. The van der Waals surface area contributed by atoms with Gasteiger partial charge in [0.15, 0.2) is 0 Å². The Kier molecular flexibility index (Phi) is 4.09. The van der Waals surface area contributed by atoms with Gasteiger partial charge in [-0.15, -0.1) is 0 Å². The number of methoxy groups -OCH3 is 1. The summed E-state index contributed by atoms with van der Waals surface area (Å²) in [6, 6.07) is 8.59. The number of para-hydroxylation sites is 2. The number of likely N-dealkylation sites (N-methyl/N-ethyl adjacent to an activating group) is 1. The van der Waals surface area contributed by atoms with Gasteiger partial charge in [-0.1, -0.05) is 12.1 Å². The van der Waals surface area contributed by atoms with E-state index in [4.69, 9.17) is 4.74 Å². The highest BCUT2D eigenvalue weighted by Gasteiger charge is 2.30. The number of aliphatic hydroxyl groups is 1. The molecular weight excluding hydrogens is 228 g/mol. The number of anilines is 1. The maximum atomic E-state index is 9.58. The number of nitrogens with zero attached hydrogens (tertiary/aromatic N) is 2. The Morgan fingerprint density at radius 1 is 1.33 bits per heavy atom. The number of piperazine rings is 1. The van der Waals surface area contributed by atoms with Gasteiger partial charge in [0, 0.05) is 19.1 Å². The molecule has 0 radical (unpaired) electrons. The molecule has 2 rings (SSSR count). The topological polar surface area (TPSA) is 35.9 Å². The van der Waals surface area contributed by atoms with Crippen LogP contribution >= 0.6 is 0 Å². The van der Waals surface area contributed by atoms with Crippen LogP contribution in [0.3, 0.4) is 0 Å². The molecule has 18 heavy (non-hydrogen) atoms. The monoisotopic (exact) mass is 250 g/mol. The summed E-state index contributed by atoms with van der Waals surface area (Å²) >= 11 is 0. The van der Waals surface area contributed by atoms with Gasteiger partial charge in [0.25, 0.3) is 0 Å². The first kappa shape index (κ1) is 13.2. The van der Waals surface area contributed by atoms with E-state index in [2.05, 4.69) is 29.8 Å². The molecule has 1 aliphatic rings. The van der Waals surface area contributed by atoms with Crippen molar-refractivity contribution in [1.29, 1.82) is 0 Å². The molecule has 1 heterocycles. The van der Waals surface area contributed by atoms with Gasteiger partial charge in [0.05, 0.1) is 25.4 Å². The zero-order chi connectivity index (χ0) is 13.1. The van der Waals surface area contributed by atoms with Crippen molar-refractivity contribution in [2.45, 2.75) is 19.0 Å². The molecule has 0 saturated carbocycles. The largest absolute Gasteiger partial charge is 0.495 e. The summed E-state index contributed by atoms with van der Waals surface area (Å²) in [6.45, 7) is 4.14. The predicted molar refractivity (Wildman–Crippen MR) is 73.3 cm³/mol. The van der Waals surface area contributed by atoms with Crippen molar-refractivity contribution < 1.29 is 9.84 Å². The van der Waals surface area contributed by atoms with Gasteiger partial charge in [0.2, 0.25) is 0 Å². The third-order valence-electron chi connectivity index (χ3n) is 3.76. The molecule has 100 valence electrons. The van der Waals surface area contributed by atoms with Crippen LogP contribution in [0.1, 0.15) is 6.92 Å². The minimum absolute atomic E-state index is 0.127. The molecule has 0 aromatic heterocycles. The highest BCUT2D eigenvalue weighted by Crippen LogP contribution is 2.31. The van der Waals surface area contributed by atoms with Crippen LogP contribution in [0, 0.1) is 0 Å². The number of aliphatic hydroxyl groups excluding tert-OH is 1. The van der Waals surface area contributed by atoms with Gasteiger partial charge in [-0.3, -0.25) is 4.90 Å². The fourth-order valence-corrected chi connectivity index (χ4v) is 2.50. The van der Waals surface area contributed by atoms with Crippen LogP contribution in [0.4, 0.5) is 5.69 Å². The zero-order valence-electron chi connectivity index (χ0n) is 11.3. The molecule has 1 aliphatic heterocycles. The Hall–Kier alpha value is -1.26. The second kappa shape index (κ2) is 5.59. The normalized spacial score (nSPS) is 25.2. The lowest BCUT2D eigenvalue weighted by Crippen LogP contribution is -2.57. The number of hydrogen-bond acceptors (Lipinski definition) is 4. The Bertz CT molecular complexity index is 397. The van der Waals surface area contributed by atoms with Crippen LogP contribution in [-0.4, -0.2) is 55.9 Å². The van der Waals surface area contributed by atoms with E-state index >= 15 is 0 Å². The number of ether oxygens (including phenoxy) is 1. The van der Waals surface area contributed by atoms with Crippen molar-refractivity contribution in [2.75, 3.05) is 38.8 Å². The lowest BCUT2D eigenvalue weighted by molar-refractivity contribution is 0.154. The summed E-state index contributed by atoms with van der Waals surface area (Å²) in [5.74, 6) is 0.868. The molecule has 4 nitrogen and oxygen atoms in total. The highest BCUT2D eigenvalue weighted by molar-refractivity contribution is 5.59. The maximum Gasteiger partial charge on any atom is 0.142 e. The third kappa shape index (κ3) is 2.44. The smallest absolute Gasteiger partial charge is 0.142 e. The van der Waals surface area contributed by atoms with Crippen LogP contribution in [0.15, 0.2) is 24.3 Å². The highest BCUT2D eigenvalue weighted by atomic mass is 16.5. The van der Waals surface area contributed by atoms with Gasteiger partial charge in [-0.2, -0.15) is 0 Å². The molecule has 0 amide bonds. The minimum Gasteiger partial charge on any atom is -0.495 e. The fraction of sp³-hybridized carbons (Fsp3) is 0.571. The van der Waals surface area contributed by atoms with Gasteiger partial charge in [0.1, 0.15) is 5.75 Å². The number of hydrogen-bond donors (Lipinski definition) is 1. The van der Waals surface area contributed by atoms with Crippen LogP contribution in [0.2, 0.25) is 0 Å². The van der Waals surface area contributed by atoms with Gasteiger partial charge in [-0.05, 0) is 26.1 Å². The van der Waals surface area contributed by atoms with Crippen molar-refractivity contribution >= 4 is 5.69 Å². The van der Waals surface area contributed by atoms with Crippen molar-refractivity contribution in [3.8, 4) is 5.75 Å².